The molecule has 0 aromatic heterocycles. The van der Waals surface area contributed by atoms with Crippen molar-refractivity contribution in [1.82, 2.24) is 0 Å². The van der Waals surface area contributed by atoms with E-state index in [1.165, 1.54) is 13.4 Å². The predicted octanol–water partition coefficient (Wildman–Crippen LogP) is -2.15. The van der Waals surface area contributed by atoms with Crippen molar-refractivity contribution >= 4 is 5.97 Å². The minimum Gasteiger partial charge on any atom is -0.472 e. The van der Waals surface area contributed by atoms with Crippen LogP contribution in [0.3, 0.4) is 0 Å². The highest BCUT2D eigenvalue weighted by Crippen LogP contribution is 2.47. The second-order valence-corrected chi connectivity index (χ2v) is 7.25. The summed E-state index contributed by atoms with van der Waals surface area (Å²) in [6.45, 7) is 1.21. The van der Waals surface area contributed by atoms with Gasteiger partial charge in [0.15, 0.2) is 6.29 Å². The number of carbonyl (C=O) groups excluding carboxylic acids is 1. The number of aliphatic hydroxyl groups is 5. The molecule has 10 heteroatoms. The normalized spacial score (nSPS) is 47.0. The first-order valence-electron chi connectivity index (χ1n) is 8.88. The maximum absolute atomic E-state index is 12.0. The molecule has 0 radical (unpaired) electrons. The highest BCUT2D eigenvalue weighted by Gasteiger charge is 2.53. The second kappa shape index (κ2) is 8.00. The number of aliphatic hydroxyl groups excluding tert-OH is 5. The second-order valence-electron chi connectivity index (χ2n) is 7.25. The van der Waals surface area contributed by atoms with Crippen LogP contribution < -0.4 is 0 Å². The molecule has 154 valence electrons. The van der Waals surface area contributed by atoms with Gasteiger partial charge in [-0.3, -0.25) is 0 Å². The van der Waals surface area contributed by atoms with Gasteiger partial charge < -0.3 is 44.5 Å². The first kappa shape index (κ1) is 20.5. The maximum Gasteiger partial charge on any atom is 0.337 e. The zero-order valence-electron chi connectivity index (χ0n) is 15.0. The Bertz CT molecular complexity index is 578. The predicted molar refractivity (Wildman–Crippen MR) is 86.6 cm³/mol. The van der Waals surface area contributed by atoms with E-state index in [-0.39, 0.29) is 11.8 Å². The number of carbonyl (C=O) groups is 1. The van der Waals surface area contributed by atoms with Crippen molar-refractivity contribution in [3.8, 4) is 0 Å². The van der Waals surface area contributed by atoms with Gasteiger partial charge in [-0.15, -0.1) is 0 Å². The first-order valence-corrected chi connectivity index (χ1v) is 8.88. The van der Waals surface area contributed by atoms with E-state index in [2.05, 4.69) is 0 Å². The lowest BCUT2D eigenvalue weighted by molar-refractivity contribution is -0.342. The lowest BCUT2D eigenvalue weighted by atomic mass is 9.83. The van der Waals surface area contributed by atoms with Crippen molar-refractivity contribution in [2.75, 3.05) is 13.7 Å². The smallest absolute Gasteiger partial charge is 0.337 e. The summed E-state index contributed by atoms with van der Waals surface area (Å²) in [5, 5.41) is 49.4. The molecule has 0 bridgehead atoms. The molecule has 0 unspecified atom stereocenters. The van der Waals surface area contributed by atoms with Gasteiger partial charge in [-0.05, 0) is 12.3 Å². The van der Waals surface area contributed by atoms with Gasteiger partial charge in [0, 0.05) is 11.8 Å². The van der Waals surface area contributed by atoms with Gasteiger partial charge >= 0.3 is 5.97 Å². The summed E-state index contributed by atoms with van der Waals surface area (Å²) in [7, 11) is 1.25. The third-order valence-corrected chi connectivity index (χ3v) is 5.75. The SMILES string of the molecule is COC(=O)C1=CO[C@@H](O[C@@H]2O[C@@H](CO)[C@@H](O)[C@H](O)[C@H]2O)[C@@H]2[C@@H](C)[C@@H](O)C[C@H]12. The van der Waals surface area contributed by atoms with Crippen LogP contribution in [0.5, 0.6) is 0 Å². The van der Waals surface area contributed by atoms with Crippen LogP contribution >= 0.6 is 0 Å². The third-order valence-electron chi connectivity index (χ3n) is 5.75. The Morgan fingerprint density at radius 2 is 1.89 bits per heavy atom. The number of ether oxygens (including phenoxy) is 4. The van der Waals surface area contributed by atoms with E-state index in [4.69, 9.17) is 18.9 Å². The van der Waals surface area contributed by atoms with Gasteiger partial charge in [-0.2, -0.15) is 0 Å². The molecule has 27 heavy (non-hydrogen) atoms. The Labute approximate surface area is 155 Å². The van der Waals surface area contributed by atoms with E-state index in [1.54, 1.807) is 6.92 Å². The van der Waals surface area contributed by atoms with Crippen LogP contribution in [0.2, 0.25) is 0 Å². The summed E-state index contributed by atoms with van der Waals surface area (Å²) in [6, 6.07) is 0. The molecule has 10 nitrogen and oxygen atoms in total. The molecule has 3 rings (SSSR count). The van der Waals surface area contributed by atoms with E-state index in [1.807, 2.05) is 0 Å². The van der Waals surface area contributed by atoms with E-state index in [9.17, 15) is 30.3 Å². The standard InChI is InChI=1S/C17H26O10/c1-6-9(19)3-7-8(15(23)24-2)5-25-16(11(6)7)27-17-14(22)13(21)12(20)10(4-18)26-17/h5-7,9-14,16-22H,3-4H2,1-2H3/t6-,7+,9-,10-,11+,12+,13-,14+,16-,17-/m0/s1. The summed E-state index contributed by atoms with van der Waals surface area (Å²) in [5.74, 6) is -1.63. The summed E-state index contributed by atoms with van der Waals surface area (Å²) in [6.07, 6.45) is -7.25. The summed E-state index contributed by atoms with van der Waals surface area (Å²) < 4.78 is 21.4. The molecule has 1 aliphatic carbocycles. The van der Waals surface area contributed by atoms with Crippen LogP contribution in [0, 0.1) is 17.8 Å². The average Bonchev–Trinajstić information content (AvgIpc) is 2.96. The van der Waals surface area contributed by atoms with Crippen LogP contribution in [0.1, 0.15) is 13.3 Å². The van der Waals surface area contributed by atoms with E-state index in [0.717, 1.165) is 0 Å². The molecule has 2 heterocycles. The van der Waals surface area contributed by atoms with Gasteiger partial charge in [0.2, 0.25) is 6.29 Å². The highest BCUT2D eigenvalue weighted by atomic mass is 16.8. The van der Waals surface area contributed by atoms with Crippen molar-refractivity contribution in [3.63, 3.8) is 0 Å². The lowest BCUT2D eigenvalue weighted by Gasteiger charge is -2.43. The Morgan fingerprint density at radius 3 is 2.52 bits per heavy atom. The zero-order valence-corrected chi connectivity index (χ0v) is 15.0. The molecule has 0 spiro atoms. The Kier molecular flexibility index (Phi) is 6.06. The molecule has 10 atom stereocenters. The number of methoxy groups -OCH3 is 1. The van der Waals surface area contributed by atoms with Gasteiger partial charge in [-0.25, -0.2) is 4.79 Å². The minimum absolute atomic E-state index is 0.279. The molecule has 3 aliphatic rings. The fourth-order valence-corrected chi connectivity index (χ4v) is 4.10. The van der Waals surface area contributed by atoms with Crippen LogP contribution in [-0.2, 0) is 23.7 Å². The van der Waals surface area contributed by atoms with Gasteiger partial charge in [0.25, 0.3) is 0 Å². The van der Waals surface area contributed by atoms with Crippen LogP contribution in [0.4, 0.5) is 0 Å². The maximum atomic E-state index is 12.0. The first-order chi connectivity index (χ1) is 12.8. The number of hydrogen-bond donors (Lipinski definition) is 5. The van der Waals surface area contributed by atoms with Crippen molar-refractivity contribution in [3.05, 3.63) is 11.8 Å². The van der Waals surface area contributed by atoms with E-state index in [0.29, 0.717) is 12.0 Å². The molecule has 2 fully saturated rings. The topological polar surface area (TPSA) is 155 Å². The van der Waals surface area contributed by atoms with Crippen LogP contribution in [0.25, 0.3) is 0 Å². The number of rotatable bonds is 4. The molecule has 0 aromatic carbocycles. The molecule has 1 saturated carbocycles. The fraction of sp³-hybridized carbons (Fsp3) is 0.824. The highest BCUT2D eigenvalue weighted by molar-refractivity contribution is 5.89. The Balaban J connectivity index is 1.80. The molecular formula is C17H26O10. The lowest BCUT2D eigenvalue weighted by Crippen LogP contribution is -2.60. The Morgan fingerprint density at radius 1 is 1.19 bits per heavy atom. The quantitative estimate of drug-likeness (QED) is 0.336. The van der Waals surface area contributed by atoms with Crippen molar-refractivity contribution in [1.29, 1.82) is 0 Å². The minimum atomic E-state index is -1.58. The molecule has 1 saturated heterocycles. The molecule has 2 aliphatic heterocycles. The largest absolute Gasteiger partial charge is 0.472 e. The fourth-order valence-electron chi connectivity index (χ4n) is 4.10. The van der Waals surface area contributed by atoms with E-state index < -0.39 is 61.6 Å². The molecule has 0 amide bonds. The van der Waals surface area contributed by atoms with Gasteiger partial charge in [0.1, 0.15) is 24.4 Å². The summed E-state index contributed by atoms with van der Waals surface area (Å²) in [5.41, 5.74) is 0.291. The van der Waals surface area contributed by atoms with Gasteiger partial charge in [0.05, 0.1) is 31.7 Å². The Hall–Kier alpha value is -1.27. The monoisotopic (exact) mass is 390 g/mol. The molecule has 5 N–H and O–H groups in total. The van der Waals surface area contributed by atoms with Crippen LogP contribution in [0.15, 0.2) is 11.8 Å². The molecular weight excluding hydrogens is 364 g/mol. The summed E-state index contributed by atoms with van der Waals surface area (Å²) >= 11 is 0. The number of hydrogen-bond acceptors (Lipinski definition) is 10. The third kappa shape index (κ3) is 3.58. The van der Waals surface area contributed by atoms with Crippen molar-refractivity contribution < 1.29 is 49.3 Å². The summed E-state index contributed by atoms with van der Waals surface area (Å²) in [4.78, 5) is 12.0. The number of esters is 1. The van der Waals surface area contributed by atoms with E-state index >= 15 is 0 Å². The molecule has 0 aromatic rings. The van der Waals surface area contributed by atoms with Gasteiger partial charge in [-0.1, -0.05) is 6.92 Å². The zero-order chi connectivity index (χ0) is 19.9. The average molecular weight is 390 g/mol. The van der Waals surface area contributed by atoms with Crippen LogP contribution in [-0.4, -0.2) is 88.3 Å². The van der Waals surface area contributed by atoms with Crippen molar-refractivity contribution in [2.24, 2.45) is 17.8 Å². The number of fused-ring (bicyclic) bond motifs is 1. The van der Waals surface area contributed by atoms with Crippen molar-refractivity contribution in [2.45, 2.75) is 56.4 Å².